The number of hydrogen-bond donors (Lipinski definition) is 2. The monoisotopic (exact) mass is 293 g/mol. The molecule has 6 atom stereocenters. The van der Waals surface area contributed by atoms with Gasteiger partial charge in [-0.3, -0.25) is 4.79 Å². The predicted molar refractivity (Wildman–Crippen MR) is 84.1 cm³/mol. The average Bonchev–Trinajstić information content (AvgIpc) is 2.98. The number of carbonyl (C=O) groups is 1. The van der Waals surface area contributed by atoms with Crippen molar-refractivity contribution in [2.45, 2.75) is 77.8 Å². The summed E-state index contributed by atoms with van der Waals surface area (Å²) < 4.78 is 0. The van der Waals surface area contributed by atoms with Crippen molar-refractivity contribution in [3.63, 3.8) is 0 Å². The zero-order valence-electron chi connectivity index (χ0n) is 13.8. The van der Waals surface area contributed by atoms with Crippen LogP contribution in [0.4, 0.5) is 0 Å². The van der Waals surface area contributed by atoms with E-state index in [1.54, 1.807) is 0 Å². The molecule has 2 N–H and O–H groups in total. The second-order valence-corrected chi connectivity index (χ2v) is 8.75. The smallest absolute Gasteiger partial charge is 0.308 e. The molecule has 3 heteroatoms. The van der Waals surface area contributed by atoms with Crippen molar-refractivity contribution in [1.29, 1.82) is 0 Å². The molecule has 0 radical (unpaired) electrons. The third-order valence-corrected chi connectivity index (χ3v) is 6.49. The molecule has 3 nitrogen and oxygen atoms in total. The van der Waals surface area contributed by atoms with E-state index in [4.69, 9.17) is 0 Å². The lowest BCUT2D eigenvalue weighted by atomic mass is 9.69. The minimum absolute atomic E-state index is 0.133. The molecule has 0 heterocycles. The molecule has 3 rings (SSSR count). The lowest BCUT2D eigenvalue weighted by Gasteiger charge is -2.44. The van der Waals surface area contributed by atoms with Crippen LogP contribution in [0, 0.1) is 29.1 Å². The first kappa shape index (κ1) is 15.3. The van der Waals surface area contributed by atoms with Gasteiger partial charge in [-0.2, -0.15) is 0 Å². The molecule has 0 saturated heterocycles. The number of aliphatic carboxylic acids is 1. The first-order valence-electron chi connectivity index (χ1n) is 8.87. The van der Waals surface area contributed by atoms with Gasteiger partial charge in [-0.1, -0.05) is 33.6 Å². The maximum atomic E-state index is 11.7. The van der Waals surface area contributed by atoms with Crippen molar-refractivity contribution in [2.24, 2.45) is 29.1 Å². The molecule has 3 fully saturated rings. The molecule has 0 spiro atoms. The van der Waals surface area contributed by atoms with Gasteiger partial charge in [0.15, 0.2) is 0 Å². The topological polar surface area (TPSA) is 49.3 Å². The highest BCUT2D eigenvalue weighted by Gasteiger charge is 2.52. The van der Waals surface area contributed by atoms with Crippen LogP contribution in [0.2, 0.25) is 0 Å². The van der Waals surface area contributed by atoms with Crippen molar-refractivity contribution < 1.29 is 9.90 Å². The lowest BCUT2D eigenvalue weighted by Crippen LogP contribution is -2.53. The van der Waals surface area contributed by atoms with Gasteiger partial charge in [0.25, 0.3) is 0 Å². The maximum Gasteiger partial charge on any atom is 0.308 e. The summed E-state index contributed by atoms with van der Waals surface area (Å²) in [6, 6.07) is 0.749. The van der Waals surface area contributed by atoms with Crippen molar-refractivity contribution in [3.05, 3.63) is 0 Å². The van der Waals surface area contributed by atoms with Crippen LogP contribution in [0.5, 0.6) is 0 Å². The summed E-state index contributed by atoms with van der Waals surface area (Å²) in [6.07, 6.45) is 8.65. The molecule has 120 valence electrons. The third kappa shape index (κ3) is 2.86. The Kier molecular flexibility index (Phi) is 4.06. The summed E-state index contributed by atoms with van der Waals surface area (Å²) in [5.74, 6) is 1.02. The molecule has 21 heavy (non-hydrogen) atoms. The van der Waals surface area contributed by atoms with Crippen molar-refractivity contribution >= 4 is 5.97 Å². The zero-order chi connectivity index (χ0) is 15.2. The largest absolute Gasteiger partial charge is 0.481 e. The Hall–Kier alpha value is -0.570. The predicted octanol–water partition coefficient (Wildman–Crippen LogP) is 3.68. The Morgan fingerprint density at radius 2 is 1.71 bits per heavy atom. The minimum atomic E-state index is -0.567. The molecule has 0 aliphatic heterocycles. The van der Waals surface area contributed by atoms with E-state index in [0.717, 1.165) is 12.8 Å². The van der Waals surface area contributed by atoms with E-state index in [9.17, 15) is 9.90 Å². The first-order valence-corrected chi connectivity index (χ1v) is 8.87. The van der Waals surface area contributed by atoms with Crippen LogP contribution in [0.15, 0.2) is 0 Å². The Labute approximate surface area is 128 Å². The molecule has 0 aromatic heterocycles. The summed E-state index contributed by atoms with van der Waals surface area (Å²) in [5.41, 5.74) is 0.314. The molecule has 3 aliphatic carbocycles. The van der Waals surface area contributed by atoms with Crippen LogP contribution in [-0.2, 0) is 4.79 Å². The molecule has 3 aliphatic rings. The maximum absolute atomic E-state index is 11.7. The van der Waals surface area contributed by atoms with Gasteiger partial charge in [-0.05, 0) is 55.3 Å². The van der Waals surface area contributed by atoms with E-state index in [1.165, 1.54) is 32.1 Å². The standard InChI is InChI=1S/C18H31NO2/c1-18(2,3)13-6-4-5-7-14(13)19-16-12-9-8-11(10-12)15(16)17(20)21/h11-16,19H,4-10H2,1-3H3,(H,20,21). The Morgan fingerprint density at radius 1 is 1.05 bits per heavy atom. The fourth-order valence-corrected chi connectivity index (χ4v) is 5.50. The van der Waals surface area contributed by atoms with E-state index in [2.05, 4.69) is 26.1 Å². The number of carboxylic acid groups (broad SMARTS) is 1. The second-order valence-electron chi connectivity index (χ2n) is 8.75. The zero-order valence-corrected chi connectivity index (χ0v) is 13.8. The highest BCUT2D eigenvalue weighted by atomic mass is 16.4. The molecule has 0 amide bonds. The number of rotatable bonds is 3. The average molecular weight is 293 g/mol. The summed E-state index contributed by atoms with van der Waals surface area (Å²) in [4.78, 5) is 11.7. The first-order chi connectivity index (χ1) is 9.88. The third-order valence-electron chi connectivity index (χ3n) is 6.49. The summed E-state index contributed by atoms with van der Waals surface area (Å²) in [7, 11) is 0. The SMILES string of the molecule is CC(C)(C)C1CCCCC1NC1C2CCC(C2)C1C(=O)O. The van der Waals surface area contributed by atoms with E-state index >= 15 is 0 Å². The van der Waals surface area contributed by atoms with Gasteiger partial charge in [0, 0.05) is 12.1 Å². The van der Waals surface area contributed by atoms with E-state index < -0.39 is 5.97 Å². The number of carboxylic acids is 1. The van der Waals surface area contributed by atoms with E-state index in [-0.39, 0.29) is 12.0 Å². The van der Waals surface area contributed by atoms with Crippen molar-refractivity contribution in [3.8, 4) is 0 Å². The van der Waals surface area contributed by atoms with Gasteiger partial charge >= 0.3 is 5.97 Å². The molecular weight excluding hydrogens is 262 g/mol. The van der Waals surface area contributed by atoms with Crippen LogP contribution >= 0.6 is 0 Å². The van der Waals surface area contributed by atoms with Crippen LogP contribution in [0.3, 0.4) is 0 Å². The molecular formula is C18H31NO2. The fraction of sp³-hybridized carbons (Fsp3) is 0.944. The lowest BCUT2D eigenvalue weighted by molar-refractivity contribution is -0.144. The summed E-state index contributed by atoms with van der Waals surface area (Å²) >= 11 is 0. The van der Waals surface area contributed by atoms with Gasteiger partial charge in [-0.25, -0.2) is 0 Å². The quantitative estimate of drug-likeness (QED) is 0.834. The number of nitrogens with one attached hydrogen (secondary N) is 1. The molecule has 0 aromatic rings. The van der Waals surface area contributed by atoms with Crippen molar-refractivity contribution in [1.82, 2.24) is 5.32 Å². The molecule has 6 unspecified atom stereocenters. The van der Waals surface area contributed by atoms with Gasteiger partial charge in [0.05, 0.1) is 5.92 Å². The summed E-state index contributed by atoms with van der Waals surface area (Å²) in [6.45, 7) is 7.02. The van der Waals surface area contributed by atoms with E-state index in [1.807, 2.05) is 0 Å². The van der Waals surface area contributed by atoms with Gasteiger partial charge < -0.3 is 10.4 Å². The van der Waals surface area contributed by atoms with E-state index in [0.29, 0.717) is 29.2 Å². The molecule has 3 saturated carbocycles. The number of hydrogen-bond acceptors (Lipinski definition) is 2. The van der Waals surface area contributed by atoms with Crippen LogP contribution in [0.1, 0.15) is 65.7 Å². The Bertz CT molecular complexity index is 401. The van der Waals surface area contributed by atoms with Crippen LogP contribution in [0.25, 0.3) is 0 Å². The van der Waals surface area contributed by atoms with Crippen molar-refractivity contribution in [2.75, 3.05) is 0 Å². The number of fused-ring (bicyclic) bond motifs is 2. The van der Waals surface area contributed by atoms with Crippen LogP contribution < -0.4 is 5.32 Å². The minimum Gasteiger partial charge on any atom is -0.481 e. The van der Waals surface area contributed by atoms with Gasteiger partial charge in [0.1, 0.15) is 0 Å². The van der Waals surface area contributed by atoms with Gasteiger partial charge in [-0.15, -0.1) is 0 Å². The fourth-order valence-electron chi connectivity index (χ4n) is 5.50. The van der Waals surface area contributed by atoms with Crippen LogP contribution in [-0.4, -0.2) is 23.2 Å². The molecule has 2 bridgehead atoms. The summed E-state index contributed by atoms with van der Waals surface area (Å²) in [5, 5.41) is 13.5. The Balaban J connectivity index is 1.73. The van der Waals surface area contributed by atoms with Gasteiger partial charge in [0.2, 0.25) is 0 Å². The molecule has 0 aromatic carbocycles. The highest BCUT2D eigenvalue weighted by molar-refractivity contribution is 5.72. The normalized spacial score (nSPS) is 43.2. The highest BCUT2D eigenvalue weighted by Crippen LogP contribution is 2.49. The second kappa shape index (κ2) is 5.57. The Morgan fingerprint density at radius 3 is 2.38 bits per heavy atom.